The first-order valence-electron chi connectivity index (χ1n) is 7.40. The van der Waals surface area contributed by atoms with Gasteiger partial charge in [-0.25, -0.2) is 4.57 Å². The van der Waals surface area contributed by atoms with E-state index in [1.165, 1.54) is 0 Å². The first kappa shape index (κ1) is 17.0. The molecule has 0 aliphatic rings. The number of aromatic nitrogens is 1. The Hall–Kier alpha value is -1.33. The highest BCUT2D eigenvalue weighted by molar-refractivity contribution is 7.46. The van der Waals surface area contributed by atoms with Crippen molar-refractivity contribution in [1.29, 1.82) is 0 Å². The summed E-state index contributed by atoms with van der Waals surface area (Å²) in [6, 6.07) is 5.71. The van der Waals surface area contributed by atoms with Gasteiger partial charge >= 0.3 is 7.82 Å². The Morgan fingerprint density at radius 3 is 2.68 bits per heavy atom. The Bertz CT molecular complexity index is 677. The Kier molecular flexibility index (Phi) is 5.29. The maximum Gasteiger partial charge on any atom is 0.524 e. The summed E-state index contributed by atoms with van der Waals surface area (Å²) in [5.41, 5.74) is 1.73. The number of phosphoric acid groups is 1. The number of aromatic amines is 1. The minimum atomic E-state index is -4.56. The quantitative estimate of drug-likeness (QED) is 0.681. The molecular formula is C15H23N2O4P. The van der Waals surface area contributed by atoms with Gasteiger partial charge in [-0.1, -0.05) is 19.1 Å². The van der Waals surface area contributed by atoms with Crippen molar-refractivity contribution in [3.63, 3.8) is 0 Å². The van der Waals surface area contributed by atoms with Gasteiger partial charge in [-0.05, 0) is 38.4 Å². The van der Waals surface area contributed by atoms with Crippen molar-refractivity contribution < 1.29 is 18.9 Å². The smallest absolute Gasteiger partial charge is 0.402 e. The third-order valence-corrected chi connectivity index (χ3v) is 4.22. The fraction of sp³-hybridized carbons (Fsp3) is 0.467. The molecule has 3 N–H and O–H groups in total. The monoisotopic (exact) mass is 326 g/mol. The fourth-order valence-electron chi connectivity index (χ4n) is 2.64. The summed E-state index contributed by atoms with van der Waals surface area (Å²) in [6.07, 6.45) is 2.75. The number of phosphoric ester groups is 1. The minimum absolute atomic E-state index is 0.174. The molecule has 0 atom stereocenters. The molecule has 0 fully saturated rings. The highest BCUT2D eigenvalue weighted by Gasteiger charge is 2.19. The van der Waals surface area contributed by atoms with Gasteiger partial charge in [-0.3, -0.25) is 9.79 Å². The van der Waals surface area contributed by atoms with Crippen LogP contribution in [0.25, 0.3) is 10.9 Å². The summed E-state index contributed by atoms with van der Waals surface area (Å²) in [6.45, 7) is 8.41. The number of likely N-dealkylation sites (N-methyl/N-ethyl adjacent to an activating group) is 1. The number of benzene rings is 1. The van der Waals surface area contributed by atoms with Crippen molar-refractivity contribution in [2.24, 2.45) is 0 Å². The van der Waals surface area contributed by atoms with Crippen LogP contribution in [0, 0.1) is 0 Å². The molecule has 0 spiro atoms. The average Bonchev–Trinajstić information content (AvgIpc) is 2.82. The summed E-state index contributed by atoms with van der Waals surface area (Å²) < 4.78 is 15.8. The van der Waals surface area contributed by atoms with Crippen LogP contribution < -0.4 is 4.52 Å². The molecule has 0 amide bonds. The van der Waals surface area contributed by atoms with Crippen molar-refractivity contribution in [2.45, 2.75) is 33.2 Å². The lowest BCUT2D eigenvalue weighted by Crippen LogP contribution is -2.32. The average molecular weight is 326 g/mol. The topological polar surface area (TPSA) is 85.8 Å². The van der Waals surface area contributed by atoms with Gasteiger partial charge in [0, 0.05) is 24.2 Å². The molecule has 0 aliphatic heterocycles. The molecule has 0 aliphatic carbocycles. The number of rotatable bonds is 7. The largest absolute Gasteiger partial charge is 0.524 e. The highest BCUT2D eigenvalue weighted by Crippen LogP contribution is 2.40. The summed E-state index contributed by atoms with van der Waals surface area (Å²) >= 11 is 0. The van der Waals surface area contributed by atoms with Crippen molar-refractivity contribution in [3.05, 3.63) is 30.0 Å². The molecule has 122 valence electrons. The van der Waals surface area contributed by atoms with Crippen LogP contribution in [-0.4, -0.2) is 38.8 Å². The molecule has 2 aromatic rings. The maximum atomic E-state index is 11.0. The van der Waals surface area contributed by atoms with Crippen LogP contribution in [0.2, 0.25) is 0 Å². The standard InChI is InChI=1S/C15H23N2O4P/c1-4-17(11(2)3)9-8-12-10-16-15-13(12)6-5-7-14(15)21-22(18,19)20/h5-7,10-11,16H,4,8-9H2,1-3H3,(H2,18,19,20). The fourth-order valence-corrected chi connectivity index (χ4v) is 3.05. The van der Waals surface area contributed by atoms with Crippen LogP contribution >= 0.6 is 7.82 Å². The molecular weight excluding hydrogens is 303 g/mol. The molecule has 2 rings (SSSR count). The zero-order valence-electron chi connectivity index (χ0n) is 13.1. The molecule has 0 bridgehead atoms. The number of nitrogens with zero attached hydrogens (tertiary/aromatic N) is 1. The predicted octanol–water partition coefficient (Wildman–Crippen LogP) is 2.91. The van der Waals surface area contributed by atoms with Crippen molar-refractivity contribution in [3.8, 4) is 5.75 Å². The molecule has 6 nitrogen and oxygen atoms in total. The lowest BCUT2D eigenvalue weighted by molar-refractivity contribution is 0.237. The number of hydrogen-bond acceptors (Lipinski definition) is 3. The second-order valence-corrected chi connectivity index (χ2v) is 6.71. The SMILES string of the molecule is CCN(CCc1c[nH]c2c(OP(=O)(O)O)cccc12)C(C)C. The third kappa shape index (κ3) is 4.11. The summed E-state index contributed by atoms with van der Waals surface area (Å²) in [7, 11) is -4.56. The Morgan fingerprint density at radius 1 is 1.36 bits per heavy atom. The van der Waals surface area contributed by atoms with Crippen LogP contribution in [0.1, 0.15) is 26.3 Å². The zero-order chi connectivity index (χ0) is 16.3. The Morgan fingerprint density at radius 2 is 2.09 bits per heavy atom. The first-order chi connectivity index (χ1) is 10.3. The van der Waals surface area contributed by atoms with Gasteiger partial charge in [0.25, 0.3) is 0 Å². The van der Waals surface area contributed by atoms with Crippen LogP contribution in [0.4, 0.5) is 0 Å². The second-order valence-electron chi connectivity index (χ2n) is 5.55. The number of nitrogens with one attached hydrogen (secondary N) is 1. The van der Waals surface area contributed by atoms with E-state index in [-0.39, 0.29) is 5.75 Å². The molecule has 1 aromatic carbocycles. The number of H-pyrrole nitrogens is 1. The van der Waals surface area contributed by atoms with E-state index in [0.29, 0.717) is 11.6 Å². The lowest BCUT2D eigenvalue weighted by atomic mass is 10.1. The van der Waals surface area contributed by atoms with Crippen LogP contribution in [-0.2, 0) is 11.0 Å². The van der Waals surface area contributed by atoms with E-state index in [9.17, 15) is 4.57 Å². The molecule has 0 saturated heterocycles. The summed E-state index contributed by atoms with van der Waals surface area (Å²) in [5.74, 6) is 0.174. The van der Waals surface area contributed by atoms with E-state index >= 15 is 0 Å². The number of para-hydroxylation sites is 1. The van der Waals surface area contributed by atoms with Crippen molar-refractivity contribution >= 4 is 18.7 Å². The molecule has 0 saturated carbocycles. The predicted molar refractivity (Wildman–Crippen MR) is 87.1 cm³/mol. The minimum Gasteiger partial charge on any atom is -0.402 e. The van der Waals surface area contributed by atoms with E-state index in [1.54, 1.807) is 12.1 Å². The van der Waals surface area contributed by atoms with Gasteiger partial charge in [-0.15, -0.1) is 0 Å². The lowest BCUT2D eigenvalue weighted by Gasteiger charge is -2.24. The first-order valence-corrected chi connectivity index (χ1v) is 8.93. The molecule has 1 aromatic heterocycles. The van der Waals surface area contributed by atoms with Crippen molar-refractivity contribution in [2.75, 3.05) is 13.1 Å². The van der Waals surface area contributed by atoms with E-state index in [1.807, 2.05) is 12.3 Å². The summed E-state index contributed by atoms with van der Waals surface area (Å²) in [5, 5.41) is 0.936. The van der Waals surface area contributed by atoms with E-state index in [4.69, 9.17) is 14.3 Å². The van der Waals surface area contributed by atoms with Gasteiger partial charge in [0.15, 0.2) is 5.75 Å². The second kappa shape index (κ2) is 6.84. The molecule has 0 radical (unpaired) electrons. The van der Waals surface area contributed by atoms with Gasteiger partial charge in [0.1, 0.15) is 0 Å². The van der Waals surface area contributed by atoms with Crippen molar-refractivity contribution in [1.82, 2.24) is 9.88 Å². The van der Waals surface area contributed by atoms with Crippen LogP contribution in [0.15, 0.2) is 24.4 Å². The normalized spacial score (nSPS) is 12.5. The van der Waals surface area contributed by atoms with Gasteiger partial charge < -0.3 is 14.4 Å². The van der Waals surface area contributed by atoms with E-state index in [0.717, 1.165) is 30.5 Å². The van der Waals surface area contributed by atoms with Crippen LogP contribution in [0.3, 0.4) is 0 Å². The Labute approximate surface area is 130 Å². The number of fused-ring (bicyclic) bond motifs is 1. The molecule has 7 heteroatoms. The van der Waals surface area contributed by atoms with E-state index in [2.05, 4.69) is 30.7 Å². The maximum absolute atomic E-state index is 11.0. The molecule has 1 heterocycles. The van der Waals surface area contributed by atoms with E-state index < -0.39 is 7.82 Å². The summed E-state index contributed by atoms with van der Waals surface area (Å²) in [4.78, 5) is 23.4. The Balaban J connectivity index is 2.23. The third-order valence-electron chi connectivity index (χ3n) is 3.79. The highest BCUT2D eigenvalue weighted by atomic mass is 31.2. The molecule has 0 unspecified atom stereocenters. The molecule has 22 heavy (non-hydrogen) atoms. The number of hydrogen-bond donors (Lipinski definition) is 3. The zero-order valence-corrected chi connectivity index (χ0v) is 14.0. The van der Waals surface area contributed by atoms with Gasteiger partial charge in [0.05, 0.1) is 5.52 Å². The van der Waals surface area contributed by atoms with Gasteiger partial charge in [0.2, 0.25) is 0 Å². The van der Waals surface area contributed by atoms with Gasteiger partial charge in [-0.2, -0.15) is 0 Å². The van der Waals surface area contributed by atoms with Crippen LogP contribution in [0.5, 0.6) is 5.75 Å².